The summed E-state index contributed by atoms with van der Waals surface area (Å²) in [6.07, 6.45) is 0. The van der Waals surface area contributed by atoms with Gasteiger partial charge in [-0.1, -0.05) is 28.1 Å². The van der Waals surface area contributed by atoms with Gasteiger partial charge in [-0.05, 0) is 37.3 Å². The Hall–Kier alpha value is -1.98. The van der Waals surface area contributed by atoms with Gasteiger partial charge in [0.25, 0.3) is 0 Å². The normalized spacial score (nSPS) is 10.8. The van der Waals surface area contributed by atoms with Gasteiger partial charge >= 0.3 is 0 Å². The molecule has 0 saturated heterocycles. The molecule has 0 aliphatic carbocycles. The number of nitrogens with two attached hydrogens (primary N) is 1. The quantitative estimate of drug-likeness (QED) is 0.781. The van der Waals surface area contributed by atoms with E-state index in [4.69, 9.17) is 10.5 Å². The molecule has 0 spiro atoms. The molecule has 0 bridgehead atoms. The highest BCUT2D eigenvalue weighted by atomic mass is 79.9. The molecule has 5 heteroatoms. The van der Waals surface area contributed by atoms with Crippen LogP contribution in [0.3, 0.4) is 0 Å². The summed E-state index contributed by atoms with van der Waals surface area (Å²) in [5.41, 5.74) is 9.10. The molecule has 21 heavy (non-hydrogen) atoms. The minimum absolute atomic E-state index is 0.398. The van der Waals surface area contributed by atoms with Gasteiger partial charge in [-0.15, -0.1) is 0 Å². The molecule has 3 aromatic rings. The van der Waals surface area contributed by atoms with E-state index in [-0.39, 0.29) is 0 Å². The third-order valence-electron chi connectivity index (χ3n) is 3.15. The number of hydrogen-bond donors (Lipinski definition) is 1. The maximum Gasteiger partial charge on any atom is 0.241 e. The van der Waals surface area contributed by atoms with Crippen molar-refractivity contribution >= 4 is 27.0 Å². The van der Waals surface area contributed by atoms with Crippen LogP contribution in [0.15, 0.2) is 46.9 Å². The van der Waals surface area contributed by atoms with Crippen molar-refractivity contribution in [2.24, 2.45) is 5.73 Å². The monoisotopic (exact) mass is 343 g/mol. The minimum Gasteiger partial charge on any atom is -0.437 e. The molecule has 4 nitrogen and oxygen atoms in total. The number of fused-ring (bicyclic) bond motifs is 1. The zero-order valence-corrected chi connectivity index (χ0v) is 13.1. The molecule has 0 aliphatic heterocycles. The summed E-state index contributed by atoms with van der Waals surface area (Å²) in [4.78, 5) is 9.05. The van der Waals surface area contributed by atoms with Crippen LogP contribution < -0.4 is 10.5 Å². The fraction of sp³-hybridized carbons (Fsp3) is 0.125. The fourth-order valence-electron chi connectivity index (χ4n) is 2.08. The molecule has 1 aromatic heterocycles. The van der Waals surface area contributed by atoms with Gasteiger partial charge in [0.2, 0.25) is 5.88 Å². The average molecular weight is 344 g/mol. The number of aromatic nitrogens is 2. The SMILES string of the molecule is Cc1nc2ccccc2nc1Oc1ccc(Br)cc1CN. The maximum absolute atomic E-state index is 5.92. The van der Waals surface area contributed by atoms with Crippen molar-refractivity contribution in [3.8, 4) is 11.6 Å². The van der Waals surface area contributed by atoms with Crippen molar-refractivity contribution in [3.05, 3.63) is 58.2 Å². The second kappa shape index (κ2) is 5.79. The van der Waals surface area contributed by atoms with E-state index in [9.17, 15) is 0 Å². The van der Waals surface area contributed by atoms with Crippen LogP contribution in [-0.4, -0.2) is 9.97 Å². The van der Waals surface area contributed by atoms with Crippen LogP contribution in [-0.2, 0) is 6.54 Å². The van der Waals surface area contributed by atoms with E-state index in [0.717, 1.165) is 26.8 Å². The van der Waals surface area contributed by atoms with Crippen LogP contribution in [0.5, 0.6) is 11.6 Å². The number of halogens is 1. The first-order valence-corrected chi connectivity index (χ1v) is 7.36. The second-order valence-corrected chi connectivity index (χ2v) is 5.58. The van der Waals surface area contributed by atoms with E-state index >= 15 is 0 Å². The van der Waals surface area contributed by atoms with Crippen LogP contribution >= 0.6 is 15.9 Å². The van der Waals surface area contributed by atoms with Crippen molar-refractivity contribution < 1.29 is 4.74 Å². The first kappa shape index (κ1) is 14.0. The van der Waals surface area contributed by atoms with Crippen molar-refractivity contribution in [2.45, 2.75) is 13.5 Å². The summed E-state index contributed by atoms with van der Waals surface area (Å²) in [6.45, 7) is 2.28. The van der Waals surface area contributed by atoms with Crippen molar-refractivity contribution in [2.75, 3.05) is 0 Å². The zero-order chi connectivity index (χ0) is 14.8. The van der Waals surface area contributed by atoms with E-state index in [2.05, 4.69) is 25.9 Å². The maximum atomic E-state index is 5.92. The summed E-state index contributed by atoms with van der Waals surface area (Å²) in [6, 6.07) is 13.5. The molecule has 0 radical (unpaired) electrons. The van der Waals surface area contributed by atoms with E-state index < -0.39 is 0 Å². The summed E-state index contributed by atoms with van der Waals surface area (Å²) in [5.74, 6) is 1.21. The Balaban J connectivity index is 2.03. The third kappa shape index (κ3) is 2.89. The summed E-state index contributed by atoms with van der Waals surface area (Å²) in [5, 5.41) is 0. The van der Waals surface area contributed by atoms with Crippen LogP contribution in [0.2, 0.25) is 0 Å². The summed E-state index contributed by atoms with van der Waals surface area (Å²) < 4.78 is 6.89. The highest BCUT2D eigenvalue weighted by molar-refractivity contribution is 9.10. The molecule has 0 atom stereocenters. The van der Waals surface area contributed by atoms with E-state index in [0.29, 0.717) is 18.2 Å². The fourth-order valence-corrected chi connectivity index (χ4v) is 2.49. The molecular weight excluding hydrogens is 330 g/mol. The van der Waals surface area contributed by atoms with Crippen LogP contribution in [0.1, 0.15) is 11.3 Å². The Kier molecular flexibility index (Phi) is 3.86. The van der Waals surface area contributed by atoms with Crippen LogP contribution in [0.25, 0.3) is 11.0 Å². The zero-order valence-electron chi connectivity index (χ0n) is 11.5. The van der Waals surface area contributed by atoms with Crippen molar-refractivity contribution in [1.29, 1.82) is 0 Å². The van der Waals surface area contributed by atoms with E-state index in [1.807, 2.05) is 49.4 Å². The third-order valence-corrected chi connectivity index (χ3v) is 3.64. The number of ether oxygens (including phenoxy) is 1. The van der Waals surface area contributed by atoms with Gasteiger partial charge in [-0.2, -0.15) is 0 Å². The molecule has 0 unspecified atom stereocenters. The lowest BCUT2D eigenvalue weighted by molar-refractivity contribution is 0.452. The highest BCUT2D eigenvalue weighted by Crippen LogP contribution is 2.29. The molecule has 0 saturated carbocycles. The van der Waals surface area contributed by atoms with Gasteiger partial charge in [-0.3, -0.25) is 0 Å². The smallest absolute Gasteiger partial charge is 0.241 e. The highest BCUT2D eigenvalue weighted by Gasteiger charge is 2.10. The van der Waals surface area contributed by atoms with Gasteiger partial charge in [0.1, 0.15) is 11.4 Å². The Bertz CT molecular complexity index is 805. The summed E-state index contributed by atoms with van der Waals surface area (Å²) in [7, 11) is 0. The topological polar surface area (TPSA) is 61.0 Å². The number of benzene rings is 2. The van der Waals surface area contributed by atoms with E-state index in [1.54, 1.807) is 0 Å². The Morgan fingerprint density at radius 2 is 1.81 bits per heavy atom. The lowest BCUT2D eigenvalue weighted by Crippen LogP contribution is -2.01. The summed E-state index contributed by atoms with van der Waals surface area (Å²) >= 11 is 3.43. The van der Waals surface area contributed by atoms with Gasteiger partial charge in [-0.25, -0.2) is 9.97 Å². The molecule has 0 fully saturated rings. The molecule has 0 aliphatic rings. The first-order chi connectivity index (χ1) is 10.2. The number of rotatable bonds is 3. The molecule has 106 valence electrons. The number of nitrogens with zero attached hydrogens (tertiary/aromatic N) is 2. The first-order valence-electron chi connectivity index (χ1n) is 6.57. The Labute approximate surface area is 131 Å². The van der Waals surface area contributed by atoms with Crippen LogP contribution in [0.4, 0.5) is 0 Å². The van der Waals surface area contributed by atoms with Gasteiger partial charge in [0.15, 0.2) is 0 Å². The lowest BCUT2D eigenvalue weighted by Gasteiger charge is -2.11. The van der Waals surface area contributed by atoms with Crippen molar-refractivity contribution in [1.82, 2.24) is 9.97 Å². The average Bonchev–Trinajstić information content (AvgIpc) is 2.49. The Morgan fingerprint density at radius 3 is 2.52 bits per heavy atom. The number of para-hydroxylation sites is 2. The predicted octanol–water partition coefficient (Wildman–Crippen LogP) is 3.95. The molecule has 1 heterocycles. The van der Waals surface area contributed by atoms with Crippen LogP contribution in [0, 0.1) is 6.92 Å². The predicted molar refractivity (Wildman–Crippen MR) is 86.4 cm³/mol. The largest absolute Gasteiger partial charge is 0.437 e. The number of aryl methyl sites for hydroxylation is 1. The number of hydrogen-bond acceptors (Lipinski definition) is 4. The second-order valence-electron chi connectivity index (χ2n) is 4.66. The lowest BCUT2D eigenvalue weighted by atomic mass is 10.2. The molecule has 3 rings (SSSR count). The molecule has 2 N–H and O–H groups in total. The van der Waals surface area contributed by atoms with Gasteiger partial charge in [0, 0.05) is 16.6 Å². The van der Waals surface area contributed by atoms with Crippen molar-refractivity contribution in [3.63, 3.8) is 0 Å². The Morgan fingerprint density at radius 1 is 1.10 bits per heavy atom. The molecular formula is C16H14BrN3O. The minimum atomic E-state index is 0.398. The van der Waals surface area contributed by atoms with Gasteiger partial charge < -0.3 is 10.5 Å². The van der Waals surface area contributed by atoms with E-state index in [1.165, 1.54) is 0 Å². The van der Waals surface area contributed by atoms with Gasteiger partial charge in [0.05, 0.1) is 11.0 Å². The molecule has 2 aromatic carbocycles. The standard InChI is InChI=1S/C16H14BrN3O/c1-10-16(20-14-5-3-2-4-13(14)19-10)21-15-7-6-12(17)8-11(15)9-18/h2-8H,9,18H2,1H3. The molecule has 0 amide bonds.